The van der Waals surface area contributed by atoms with Crippen LogP contribution >= 0.6 is 11.6 Å². The molecule has 1 aromatic heterocycles. The van der Waals surface area contributed by atoms with Crippen molar-refractivity contribution < 1.29 is 13.9 Å². The first-order valence-corrected chi connectivity index (χ1v) is 5.50. The van der Waals surface area contributed by atoms with E-state index in [-0.39, 0.29) is 22.0 Å². The Hall–Kier alpha value is -1.94. The van der Waals surface area contributed by atoms with Crippen molar-refractivity contribution in [3.8, 4) is 5.75 Å². The number of carbonyl (C=O) groups is 1. The highest BCUT2D eigenvalue weighted by Crippen LogP contribution is 2.25. The number of hydrogen-bond acceptors (Lipinski definition) is 3. The standard InChI is InChI=1S/C13H9ClFNO2/c1-18-10-6-3-7-16-12(10)13(17)11-8(14)4-2-5-9(11)15/h2-7H,1H3. The van der Waals surface area contributed by atoms with Crippen molar-refractivity contribution in [3.63, 3.8) is 0 Å². The van der Waals surface area contributed by atoms with Gasteiger partial charge in [-0.2, -0.15) is 0 Å². The Morgan fingerprint density at radius 1 is 1.33 bits per heavy atom. The van der Waals surface area contributed by atoms with Crippen LogP contribution in [0.2, 0.25) is 5.02 Å². The fourth-order valence-corrected chi connectivity index (χ4v) is 1.81. The number of ketones is 1. The molecule has 0 saturated heterocycles. The summed E-state index contributed by atoms with van der Waals surface area (Å²) in [5.74, 6) is -1.00. The summed E-state index contributed by atoms with van der Waals surface area (Å²) < 4.78 is 18.7. The number of pyridine rings is 1. The topological polar surface area (TPSA) is 39.2 Å². The van der Waals surface area contributed by atoms with Crippen molar-refractivity contribution in [3.05, 3.63) is 58.6 Å². The summed E-state index contributed by atoms with van der Waals surface area (Å²) in [4.78, 5) is 16.1. The number of carbonyl (C=O) groups excluding carboxylic acids is 1. The molecule has 18 heavy (non-hydrogen) atoms. The molecule has 0 bridgehead atoms. The number of ether oxygens (including phenoxy) is 1. The largest absolute Gasteiger partial charge is 0.494 e. The van der Waals surface area contributed by atoms with Crippen molar-refractivity contribution in [2.24, 2.45) is 0 Å². The van der Waals surface area contributed by atoms with E-state index in [0.29, 0.717) is 0 Å². The Kier molecular flexibility index (Phi) is 3.58. The Labute approximate surface area is 108 Å². The monoisotopic (exact) mass is 265 g/mol. The van der Waals surface area contributed by atoms with Crippen molar-refractivity contribution in [2.75, 3.05) is 7.11 Å². The van der Waals surface area contributed by atoms with E-state index >= 15 is 0 Å². The van der Waals surface area contributed by atoms with Crippen LogP contribution in [0.25, 0.3) is 0 Å². The lowest BCUT2D eigenvalue weighted by Gasteiger charge is -2.07. The summed E-state index contributed by atoms with van der Waals surface area (Å²) >= 11 is 5.84. The van der Waals surface area contributed by atoms with Crippen LogP contribution in [0.5, 0.6) is 5.75 Å². The highest BCUT2D eigenvalue weighted by atomic mass is 35.5. The van der Waals surface area contributed by atoms with Crippen LogP contribution in [0.15, 0.2) is 36.5 Å². The van der Waals surface area contributed by atoms with Gasteiger partial charge >= 0.3 is 0 Å². The number of nitrogens with zero attached hydrogens (tertiary/aromatic N) is 1. The molecule has 0 atom stereocenters. The molecule has 0 aliphatic heterocycles. The smallest absolute Gasteiger partial charge is 0.219 e. The molecule has 0 N–H and O–H groups in total. The second-order valence-electron chi connectivity index (χ2n) is 3.48. The molecule has 0 radical (unpaired) electrons. The number of methoxy groups -OCH3 is 1. The van der Waals surface area contributed by atoms with Crippen molar-refractivity contribution >= 4 is 17.4 Å². The third-order valence-electron chi connectivity index (χ3n) is 2.40. The summed E-state index contributed by atoms with van der Waals surface area (Å²) in [5.41, 5.74) is -0.164. The summed E-state index contributed by atoms with van der Waals surface area (Å²) in [5, 5.41) is 0.0488. The fourth-order valence-electron chi connectivity index (χ4n) is 1.56. The van der Waals surface area contributed by atoms with E-state index in [0.717, 1.165) is 0 Å². The molecule has 0 aliphatic carbocycles. The molecular weight excluding hydrogens is 257 g/mol. The zero-order chi connectivity index (χ0) is 13.1. The molecule has 0 spiro atoms. The maximum Gasteiger partial charge on any atom is 0.219 e. The lowest BCUT2D eigenvalue weighted by Crippen LogP contribution is -2.09. The van der Waals surface area contributed by atoms with E-state index in [1.807, 2.05) is 0 Å². The average molecular weight is 266 g/mol. The lowest BCUT2D eigenvalue weighted by molar-refractivity contribution is 0.102. The number of rotatable bonds is 3. The summed E-state index contributed by atoms with van der Waals surface area (Å²) in [6.07, 6.45) is 1.44. The first kappa shape index (κ1) is 12.5. The summed E-state index contributed by atoms with van der Waals surface area (Å²) in [6.45, 7) is 0. The van der Waals surface area contributed by atoms with Gasteiger partial charge in [-0.1, -0.05) is 17.7 Å². The molecule has 92 valence electrons. The molecule has 1 heterocycles. The first-order valence-electron chi connectivity index (χ1n) is 5.13. The van der Waals surface area contributed by atoms with Gasteiger partial charge in [-0.05, 0) is 24.3 Å². The van der Waals surface area contributed by atoms with Crippen LogP contribution in [0.3, 0.4) is 0 Å². The Morgan fingerprint density at radius 3 is 2.78 bits per heavy atom. The normalized spacial score (nSPS) is 10.2. The molecule has 5 heteroatoms. The minimum Gasteiger partial charge on any atom is -0.494 e. The van der Waals surface area contributed by atoms with Crippen LogP contribution in [-0.4, -0.2) is 17.9 Å². The molecule has 0 unspecified atom stereocenters. The Balaban J connectivity index is 2.55. The molecule has 2 rings (SSSR count). The van der Waals surface area contributed by atoms with E-state index in [1.54, 1.807) is 12.1 Å². The van der Waals surface area contributed by atoms with Gasteiger partial charge in [-0.15, -0.1) is 0 Å². The Morgan fingerprint density at radius 2 is 2.11 bits per heavy atom. The molecule has 3 nitrogen and oxygen atoms in total. The van der Waals surface area contributed by atoms with Crippen LogP contribution in [-0.2, 0) is 0 Å². The van der Waals surface area contributed by atoms with Gasteiger partial charge in [0.25, 0.3) is 0 Å². The second-order valence-corrected chi connectivity index (χ2v) is 3.89. The van der Waals surface area contributed by atoms with E-state index in [9.17, 15) is 9.18 Å². The minimum absolute atomic E-state index is 0.0343. The van der Waals surface area contributed by atoms with Gasteiger partial charge in [-0.25, -0.2) is 9.37 Å². The summed E-state index contributed by atoms with van der Waals surface area (Å²) in [7, 11) is 1.41. The van der Waals surface area contributed by atoms with Gasteiger partial charge in [0.2, 0.25) is 5.78 Å². The van der Waals surface area contributed by atoms with Gasteiger partial charge in [0.15, 0.2) is 5.69 Å². The summed E-state index contributed by atoms with van der Waals surface area (Å²) in [6, 6.07) is 7.26. The third kappa shape index (κ3) is 2.19. The highest BCUT2D eigenvalue weighted by molar-refractivity contribution is 6.35. The molecule has 0 fully saturated rings. The molecule has 2 aromatic rings. The maximum absolute atomic E-state index is 13.6. The molecule has 0 saturated carbocycles. The molecule has 0 aliphatic rings. The van der Waals surface area contributed by atoms with Gasteiger partial charge in [0.05, 0.1) is 17.7 Å². The van der Waals surface area contributed by atoms with Gasteiger partial charge in [0.1, 0.15) is 11.6 Å². The molecule has 0 amide bonds. The number of benzene rings is 1. The van der Waals surface area contributed by atoms with Crippen molar-refractivity contribution in [2.45, 2.75) is 0 Å². The first-order chi connectivity index (χ1) is 8.65. The van der Waals surface area contributed by atoms with Crippen LogP contribution in [0, 0.1) is 5.82 Å². The third-order valence-corrected chi connectivity index (χ3v) is 2.71. The lowest BCUT2D eigenvalue weighted by atomic mass is 10.1. The molecular formula is C13H9ClFNO2. The van der Waals surface area contributed by atoms with E-state index in [4.69, 9.17) is 16.3 Å². The van der Waals surface area contributed by atoms with Crippen LogP contribution in [0.4, 0.5) is 4.39 Å². The maximum atomic E-state index is 13.6. The quantitative estimate of drug-likeness (QED) is 0.801. The minimum atomic E-state index is -0.680. The number of hydrogen-bond donors (Lipinski definition) is 0. The highest BCUT2D eigenvalue weighted by Gasteiger charge is 2.21. The van der Waals surface area contributed by atoms with Crippen molar-refractivity contribution in [1.82, 2.24) is 4.98 Å². The Bertz CT molecular complexity index is 581. The van der Waals surface area contributed by atoms with Gasteiger partial charge in [0, 0.05) is 6.20 Å². The SMILES string of the molecule is COc1cccnc1C(=O)c1c(F)cccc1Cl. The zero-order valence-corrected chi connectivity index (χ0v) is 10.2. The van der Waals surface area contributed by atoms with Crippen molar-refractivity contribution in [1.29, 1.82) is 0 Å². The second kappa shape index (κ2) is 5.14. The predicted octanol–water partition coefficient (Wildman–Crippen LogP) is 3.11. The predicted molar refractivity (Wildman–Crippen MR) is 65.6 cm³/mol. The fraction of sp³-hybridized carbons (Fsp3) is 0.0769. The van der Waals surface area contributed by atoms with E-state index < -0.39 is 11.6 Å². The van der Waals surface area contributed by atoms with Gasteiger partial charge < -0.3 is 4.74 Å². The molecule has 1 aromatic carbocycles. The van der Waals surface area contributed by atoms with E-state index in [1.165, 1.54) is 31.5 Å². The number of halogens is 2. The van der Waals surface area contributed by atoms with Crippen LogP contribution < -0.4 is 4.74 Å². The van der Waals surface area contributed by atoms with Crippen LogP contribution in [0.1, 0.15) is 16.1 Å². The van der Waals surface area contributed by atoms with E-state index in [2.05, 4.69) is 4.98 Å². The number of aromatic nitrogens is 1. The zero-order valence-electron chi connectivity index (χ0n) is 9.48. The average Bonchev–Trinajstić information content (AvgIpc) is 2.38. The van der Waals surface area contributed by atoms with Gasteiger partial charge in [-0.3, -0.25) is 4.79 Å².